The number of nitrogens with zero attached hydrogens (tertiary/aromatic N) is 2. The predicted molar refractivity (Wildman–Crippen MR) is 116 cm³/mol. The van der Waals surface area contributed by atoms with E-state index >= 15 is 0 Å². The molecule has 28 heavy (non-hydrogen) atoms. The predicted octanol–water partition coefficient (Wildman–Crippen LogP) is 4.08. The van der Waals surface area contributed by atoms with Crippen LogP contribution in [0.5, 0.6) is 0 Å². The molecule has 2 amide bonds. The third-order valence-corrected chi connectivity index (χ3v) is 5.33. The van der Waals surface area contributed by atoms with Crippen molar-refractivity contribution >= 4 is 40.5 Å². The monoisotopic (exact) mass is 393 g/mol. The highest BCUT2D eigenvalue weighted by atomic mass is 32.2. The molecule has 0 spiro atoms. The average molecular weight is 394 g/mol. The van der Waals surface area contributed by atoms with Gasteiger partial charge in [-0.2, -0.15) is 0 Å². The van der Waals surface area contributed by atoms with Gasteiger partial charge in [0.25, 0.3) is 5.91 Å². The molecule has 1 aliphatic rings. The van der Waals surface area contributed by atoms with Crippen LogP contribution in [-0.4, -0.2) is 22.7 Å². The van der Waals surface area contributed by atoms with Gasteiger partial charge in [-0.25, -0.2) is 4.99 Å². The van der Waals surface area contributed by atoms with E-state index in [-0.39, 0.29) is 11.7 Å². The van der Waals surface area contributed by atoms with Gasteiger partial charge in [0.1, 0.15) is 5.70 Å². The van der Waals surface area contributed by atoms with Crippen LogP contribution in [0.15, 0.2) is 59.2 Å². The maximum Gasteiger partial charge on any atom is 0.283 e. The minimum Gasteiger partial charge on any atom is -0.369 e. The Morgan fingerprint density at radius 1 is 1.14 bits per heavy atom. The van der Waals surface area contributed by atoms with Crippen LogP contribution >= 0.6 is 11.8 Å². The maximum absolute atomic E-state index is 13.0. The molecular formula is C22H23N3O2S. The topological polar surface area (TPSA) is 75.8 Å². The number of aryl methyl sites for hydroxylation is 1. The SMILES string of the molecule is Cc1ccc(N2C(=O)/C(=C/c3ccc(C(C)C)cc3)N=C2SCC(N)=O)cc1. The average Bonchev–Trinajstić information content (AvgIpc) is 2.97. The quantitative estimate of drug-likeness (QED) is 0.778. The van der Waals surface area contributed by atoms with Gasteiger partial charge in [-0.1, -0.05) is 67.6 Å². The molecule has 144 valence electrons. The molecule has 1 aliphatic heterocycles. The van der Waals surface area contributed by atoms with Gasteiger partial charge >= 0.3 is 0 Å². The van der Waals surface area contributed by atoms with Crippen LogP contribution in [0.1, 0.15) is 36.5 Å². The van der Waals surface area contributed by atoms with E-state index in [0.29, 0.717) is 22.5 Å². The highest BCUT2D eigenvalue weighted by molar-refractivity contribution is 8.14. The van der Waals surface area contributed by atoms with Gasteiger partial charge in [0.15, 0.2) is 5.17 Å². The highest BCUT2D eigenvalue weighted by Gasteiger charge is 2.32. The van der Waals surface area contributed by atoms with Crippen LogP contribution in [0.3, 0.4) is 0 Å². The molecule has 6 heteroatoms. The number of anilines is 1. The second-order valence-electron chi connectivity index (χ2n) is 6.98. The minimum atomic E-state index is -0.453. The number of hydrogen-bond acceptors (Lipinski definition) is 4. The summed E-state index contributed by atoms with van der Waals surface area (Å²) < 4.78 is 0. The molecule has 0 saturated carbocycles. The fourth-order valence-electron chi connectivity index (χ4n) is 2.79. The number of carbonyl (C=O) groups is 2. The molecule has 0 unspecified atom stereocenters. The first-order chi connectivity index (χ1) is 13.3. The Balaban J connectivity index is 1.94. The van der Waals surface area contributed by atoms with E-state index in [1.165, 1.54) is 10.5 Å². The number of aliphatic imine (C=N–C) groups is 1. The largest absolute Gasteiger partial charge is 0.369 e. The van der Waals surface area contributed by atoms with Crippen LogP contribution in [0.2, 0.25) is 0 Å². The number of amides is 2. The second kappa shape index (κ2) is 8.44. The van der Waals surface area contributed by atoms with Crippen LogP contribution in [-0.2, 0) is 9.59 Å². The molecule has 0 radical (unpaired) electrons. The molecular weight excluding hydrogens is 370 g/mol. The minimum absolute atomic E-state index is 0.0604. The summed E-state index contributed by atoms with van der Waals surface area (Å²) >= 11 is 1.16. The molecule has 0 atom stereocenters. The molecule has 0 saturated heterocycles. The normalized spacial score (nSPS) is 15.4. The summed E-state index contributed by atoms with van der Waals surface area (Å²) in [6, 6.07) is 15.7. The Morgan fingerprint density at radius 3 is 2.36 bits per heavy atom. The van der Waals surface area contributed by atoms with Gasteiger partial charge in [0, 0.05) is 0 Å². The summed E-state index contributed by atoms with van der Waals surface area (Å²) in [5.74, 6) is -0.165. The van der Waals surface area contributed by atoms with Crippen molar-refractivity contribution in [2.75, 3.05) is 10.7 Å². The van der Waals surface area contributed by atoms with Crippen molar-refractivity contribution in [3.63, 3.8) is 0 Å². The number of benzene rings is 2. The number of carbonyl (C=O) groups excluding carboxylic acids is 2. The Bertz CT molecular complexity index is 945. The molecule has 0 bridgehead atoms. The lowest BCUT2D eigenvalue weighted by Crippen LogP contribution is -2.31. The summed E-state index contributed by atoms with van der Waals surface area (Å²) in [5, 5.41) is 0.456. The Labute approximate surface area is 169 Å². The van der Waals surface area contributed by atoms with Crippen molar-refractivity contribution < 1.29 is 9.59 Å². The lowest BCUT2D eigenvalue weighted by atomic mass is 10.0. The fourth-order valence-corrected chi connectivity index (χ4v) is 3.54. The molecule has 0 aromatic heterocycles. The number of amidine groups is 1. The van der Waals surface area contributed by atoms with E-state index in [2.05, 4.69) is 31.0 Å². The van der Waals surface area contributed by atoms with Crippen molar-refractivity contribution in [1.29, 1.82) is 0 Å². The van der Waals surface area contributed by atoms with E-state index in [1.54, 1.807) is 6.08 Å². The molecule has 2 aromatic rings. The molecule has 0 fully saturated rings. The molecule has 5 nitrogen and oxygen atoms in total. The molecule has 1 heterocycles. The molecule has 0 aliphatic carbocycles. The van der Waals surface area contributed by atoms with Gasteiger partial charge in [-0.15, -0.1) is 0 Å². The van der Waals surface area contributed by atoms with Crippen molar-refractivity contribution in [2.45, 2.75) is 26.7 Å². The van der Waals surface area contributed by atoms with Crippen molar-refractivity contribution in [3.8, 4) is 0 Å². The number of primary amides is 1. The molecule has 2 N–H and O–H groups in total. The zero-order valence-electron chi connectivity index (χ0n) is 16.2. The Morgan fingerprint density at radius 2 is 1.79 bits per heavy atom. The van der Waals surface area contributed by atoms with Crippen LogP contribution in [0.4, 0.5) is 5.69 Å². The summed E-state index contributed by atoms with van der Waals surface area (Å²) in [4.78, 5) is 30.3. The zero-order chi connectivity index (χ0) is 20.3. The number of hydrogen-bond donors (Lipinski definition) is 1. The van der Waals surface area contributed by atoms with Gasteiger partial charge in [0.2, 0.25) is 5.91 Å². The first kappa shape index (κ1) is 19.9. The van der Waals surface area contributed by atoms with E-state index in [0.717, 1.165) is 22.9 Å². The highest BCUT2D eigenvalue weighted by Crippen LogP contribution is 2.29. The lowest BCUT2D eigenvalue weighted by Gasteiger charge is -2.17. The van der Waals surface area contributed by atoms with E-state index in [4.69, 9.17) is 5.73 Å². The van der Waals surface area contributed by atoms with Gasteiger partial charge in [-0.05, 0) is 42.2 Å². The lowest BCUT2D eigenvalue weighted by molar-refractivity contribution is -0.115. The number of rotatable bonds is 5. The summed E-state index contributed by atoms with van der Waals surface area (Å²) in [7, 11) is 0. The standard InChI is InChI=1S/C22H23N3O2S/c1-14(2)17-8-6-16(7-9-17)12-19-21(27)25(18-10-4-15(3)5-11-18)22(24-19)28-13-20(23)26/h4-12,14H,13H2,1-3H3,(H2,23,26)/b19-12-. The first-order valence-corrected chi connectivity index (χ1v) is 10.1. The third kappa shape index (κ3) is 4.51. The van der Waals surface area contributed by atoms with Crippen LogP contribution in [0.25, 0.3) is 6.08 Å². The maximum atomic E-state index is 13.0. The van der Waals surface area contributed by atoms with E-state index in [9.17, 15) is 9.59 Å². The Kier molecular flexibility index (Phi) is 5.99. The number of thioether (sulfide) groups is 1. The van der Waals surface area contributed by atoms with Gasteiger partial charge < -0.3 is 5.73 Å². The fraction of sp³-hybridized carbons (Fsp3) is 0.227. The summed E-state index contributed by atoms with van der Waals surface area (Å²) in [6.45, 7) is 6.26. The van der Waals surface area contributed by atoms with E-state index in [1.807, 2.05) is 43.3 Å². The van der Waals surface area contributed by atoms with Gasteiger partial charge in [-0.3, -0.25) is 14.5 Å². The van der Waals surface area contributed by atoms with Crippen molar-refractivity contribution in [3.05, 3.63) is 70.9 Å². The second-order valence-corrected chi connectivity index (χ2v) is 7.92. The third-order valence-electron chi connectivity index (χ3n) is 4.37. The zero-order valence-corrected chi connectivity index (χ0v) is 17.0. The van der Waals surface area contributed by atoms with Gasteiger partial charge in [0.05, 0.1) is 11.4 Å². The summed E-state index contributed by atoms with van der Waals surface area (Å²) in [5.41, 5.74) is 9.56. The van der Waals surface area contributed by atoms with E-state index < -0.39 is 5.91 Å². The number of nitrogens with two attached hydrogens (primary N) is 1. The van der Waals surface area contributed by atoms with Crippen LogP contribution < -0.4 is 10.6 Å². The molecule has 2 aromatic carbocycles. The van der Waals surface area contributed by atoms with Crippen LogP contribution in [0, 0.1) is 6.92 Å². The Hall–Kier alpha value is -2.86. The van der Waals surface area contributed by atoms with Crippen molar-refractivity contribution in [1.82, 2.24) is 0 Å². The smallest absolute Gasteiger partial charge is 0.283 e. The summed E-state index contributed by atoms with van der Waals surface area (Å²) in [6.07, 6.45) is 1.77. The first-order valence-electron chi connectivity index (χ1n) is 9.07. The van der Waals surface area contributed by atoms with Crippen molar-refractivity contribution in [2.24, 2.45) is 10.7 Å². The molecule has 3 rings (SSSR count).